The largest absolute Gasteiger partial charge is 0.483 e. The maximum atomic E-state index is 13.2. The molecule has 206 valence electrons. The van der Waals surface area contributed by atoms with E-state index in [-0.39, 0.29) is 12.5 Å². The summed E-state index contributed by atoms with van der Waals surface area (Å²) in [5.74, 6) is 2.79. The normalized spacial score (nSPS) is 16.2. The predicted octanol–water partition coefficient (Wildman–Crippen LogP) is 4.47. The van der Waals surface area contributed by atoms with E-state index in [4.69, 9.17) is 20.0 Å². The van der Waals surface area contributed by atoms with Gasteiger partial charge < -0.3 is 29.0 Å². The molecule has 0 radical (unpaired) electrons. The van der Waals surface area contributed by atoms with E-state index in [1.54, 1.807) is 17.2 Å². The highest BCUT2D eigenvalue weighted by Crippen LogP contribution is 2.39. The average molecular weight is 543 g/mol. The number of para-hydroxylation sites is 1. The van der Waals surface area contributed by atoms with Gasteiger partial charge in [-0.25, -0.2) is 9.37 Å². The fourth-order valence-corrected chi connectivity index (χ4v) is 5.76. The number of aromatic nitrogens is 4. The van der Waals surface area contributed by atoms with E-state index in [9.17, 15) is 9.18 Å². The van der Waals surface area contributed by atoms with Gasteiger partial charge in [0.25, 0.3) is 5.91 Å². The van der Waals surface area contributed by atoms with E-state index in [0.717, 1.165) is 51.3 Å². The van der Waals surface area contributed by atoms with Crippen LogP contribution in [0.3, 0.4) is 0 Å². The van der Waals surface area contributed by atoms with Gasteiger partial charge in [0.15, 0.2) is 11.6 Å². The minimum atomic E-state index is -0.673. The van der Waals surface area contributed by atoms with Gasteiger partial charge >= 0.3 is 0 Å². The smallest absolute Gasteiger partial charge is 0.254 e. The van der Waals surface area contributed by atoms with Crippen LogP contribution in [0.25, 0.3) is 33.5 Å². The number of imidazole rings is 1. The number of alkyl halides is 1. The Kier molecular flexibility index (Phi) is 6.07. The topological polar surface area (TPSA) is 104 Å². The number of hydrogen-bond donors (Lipinski definition) is 1. The average Bonchev–Trinajstić information content (AvgIpc) is 3.34. The van der Waals surface area contributed by atoms with E-state index in [0.29, 0.717) is 36.8 Å². The molecule has 1 saturated carbocycles. The molecule has 0 bridgehead atoms. The lowest BCUT2D eigenvalue weighted by molar-refractivity contribution is 0.0725. The third-order valence-corrected chi connectivity index (χ3v) is 8.04. The minimum Gasteiger partial charge on any atom is -0.483 e. The second-order valence-electron chi connectivity index (χ2n) is 11.0. The maximum Gasteiger partial charge on any atom is 0.254 e. The van der Waals surface area contributed by atoms with Crippen LogP contribution >= 0.6 is 0 Å². The molecule has 2 N–H and O–H groups in total. The van der Waals surface area contributed by atoms with E-state index in [1.165, 1.54) is 12.8 Å². The summed E-state index contributed by atoms with van der Waals surface area (Å²) in [7, 11) is 2.02. The second-order valence-corrected chi connectivity index (χ2v) is 11.0. The molecule has 3 aromatic heterocycles. The molecule has 2 aliphatic rings. The Bertz CT molecular complexity index is 1720. The van der Waals surface area contributed by atoms with Crippen LogP contribution in [0.4, 0.5) is 4.39 Å². The lowest BCUT2D eigenvalue weighted by atomic mass is 9.97. The molecule has 1 amide bonds. The van der Waals surface area contributed by atoms with Crippen molar-refractivity contribution in [2.24, 2.45) is 18.7 Å². The standard InChI is InChI=1S/C30H31FN6O3/c1-35-25-11-19-8-10-36(16-21(32)14-31)30(38)23(19)13-24(25)34-29(35)26-12-20-3-2-4-27(39-17-22-7-9-33-40-22)28(20)37(26)15-18-5-6-18/h2-4,7,9,11-13,18,21H,5-6,8,10,14-17,32H2,1H3/t21-/m1/s1. The minimum absolute atomic E-state index is 0.115. The summed E-state index contributed by atoms with van der Waals surface area (Å²) >= 11 is 0. The van der Waals surface area contributed by atoms with Crippen LogP contribution in [0.5, 0.6) is 5.75 Å². The molecule has 1 aliphatic carbocycles. The van der Waals surface area contributed by atoms with Crippen LogP contribution in [-0.2, 0) is 26.6 Å². The van der Waals surface area contributed by atoms with Crippen molar-refractivity contribution in [3.63, 3.8) is 0 Å². The summed E-state index contributed by atoms with van der Waals surface area (Å²) in [4.78, 5) is 19.9. The lowest BCUT2D eigenvalue weighted by Gasteiger charge is -2.30. The molecule has 7 rings (SSSR count). The van der Waals surface area contributed by atoms with Gasteiger partial charge in [0.05, 0.1) is 34.5 Å². The monoisotopic (exact) mass is 542 g/mol. The molecule has 1 fully saturated rings. The molecular formula is C30H31FN6O3. The lowest BCUT2D eigenvalue weighted by Crippen LogP contribution is -2.45. The molecule has 0 unspecified atom stereocenters. The summed E-state index contributed by atoms with van der Waals surface area (Å²) in [6.07, 6.45) is 4.73. The van der Waals surface area contributed by atoms with Crippen molar-refractivity contribution in [1.82, 2.24) is 24.2 Å². The van der Waals surface area contributed by atoms with Gasteiger partial charge in [-0.2, -0.15) is 0 Å². The van der Waals surface area contributed by atoms with Gasteiger partial charge in [-0.1, -0.05) is 17.3 Å². The Hall–Kier alpha value is -4.18. The number of fused-ring (bicyclic) bond motifs is 3. The van der Waals surface area contributed by atoms with E-state index >= 15 is 0 Å². The van der Waals surface area contributed by atoms with Crippen molar-refractivity contribution >= 4 is 27.8 Å². The van der Waals surface area contributed by atoms with Crippen molar-refractivity contribution in [2.75, 3.05) is 19.8 Å². The summed E-state index contributed by atoms with van der Waals surface area (Å²) in [5, 5.41) is 4.85. The fourth-order valence-electron chi connectivity index (χ4n) is 5.76. The first-order chi connectivity index (χ1) is 19.5. The quantitative estimate of drug-likeness (QED) is 0.295. The van der Waals surface area contributed by atoms with Crippen LogP contribution in [0.2, 0.25) is 0 Å². The number of carbonyl (C=O) groups excluding carboxylic acids is 1. The van der Waals surface area contributed by atoms with Crippen LogP contribution in [0.1, 0.15) is 34.5 Å². The van der Waals surface area contributed by atoms with E-state index < -0.39 is 12.7 Å². The Morgan fingerprint density at radius 1 is 1.23 bits per heavy atom. The van der Waals surface area contributed by atoms with Crippen LogP contribution in [0.15, 0.2) is 53.2 Å². The van der Waals surface area contributed by atoms with Crippen molar-refractivity contribution in [3.05, 3.63) is 65.5 Å². The van der Waals surface area contributed by atoms with Gasteiger partial charge in [-0.3, -0.25) is 4.79 Å². The number of nitrogens with zero attached hydrogens (tertiary/aromatic N) is 5. The molecule has 2 aromatic carbocycles. The Morgan fingerprint density at radius 3 is 2.88 bits per heavy atom. The van der Waals surface area contributed by atoms with Crippen molar-refractivity contribution in [1.29, 1.82) is 0 Å². The number of benzene rings is 2. The van der Waals surface area contributed by atoms with Crippen molar-refractivity contribution < 1.29 is 18.4 Å². The molecule has 40 heavy (non-hydrogen) atoms. The number of hydrogen-bond acceptors (Lipinski definition) is 6. The zero-order chi connectivity index (χ0) is 27.4. The fraction of sp³-hybridized carbons (Fsp3) is 0.367. The first kappa shape index (κ1) is 24.8. The number of amides is 1. The molecule has 5 aromatic rings. The van der Waals surface area contributed by atoms with Crippen LogP contribution < -0.4 is 10.5 Å². The number of aryl methyl sites for hydroxylation is 1. The molecule has 0 spiro atoms. The van der Waals surface area contributed by atoms with Crippen LogP contribution in [-0.4, -0.2) is 55.9 Å². The SMILES string of the molecule is Cn1c(-c2cc3cccc(OCc4ccno4)c3n2CC2CC2)nc2cc3c(cc21)CCN(C[C@H](N)CF)C3=O. The molecule has 1 aliphatic heterocycles. The third-order valence-electron chi connectivity index (χ3n) is 8.04. The van der Waals surface area contributed by atoms with Gasteiger partial charge in [-0.15, -0.1) is 0 Å². The van der Waals surface area contributed by atoms with E-state index in [2.05, 4.69) is 32.5 Å². The third kappa shape index (κ3) is 4.32. The van der Waals surface area contributed by atoms with Crippen LogP contribution in [0, 0.1) is 5.92 Å². The summed E-state index contributed by atoms with van der Waals surface area (Å²) in [6, 6.07) is 13.3. The molecule has 10 heteroatoms. The molecule has 1 atom stereocenters. The number of halogens is 1. The zero-order valence-corrected chi connectivity index (χ0v) is 22.3. The maximum absolute atomic E-state index is 13.2. The van der Waals surface area contributed by atoms with Gasteiger partial charge in [0.1, 0.15) is 19.0 Å². The molecule has 9 nitrogen and oxygen atoms in total. The van der Waals surface area contributed by atoms with Crippen molar-refractivity contribution in [3.8, 4) is 17.3 Å². The highest BCUT2D eigenvalue weighted by atomic mass is 19.1. The molecule has 4 heterocycles. The summed E-state index contributed by atoms with van der Waals surface area (Å²) in [5.41, 5.74) is 11.2. The predicted molar refractivity (Wildman–Crippen MR) is 149 cm³/mol. The van der Waals surface area contributed by atoms with Gasteiger partial charge in [0.2, 0.25) is 0 Å². The number of nitrogens with two attached hydrogens (primary N) is 1. The second kappa shape index (κ2) is 9.78. The van der Waals surface area contributed by atoms with Gasteiger partial charge in [-0.05, 0) is 55.0 Å². The number of carbonyl (C=O) groups is 1. The highest BCUT2D eigenvalue weighted by molar-refractivity contribution is 6.01. The summed E-state index contributed by atoms with van der Waals surface area (Å²) in [6.45, 7) is 1.26. The zero-order valence-electron chi connectivity index (χ0n) is 22.3. The number of ether oxygens (including phenoxy) is 1. The molecular weight excluding hydrogens is 511 g/mol. The van der Waals surface area contributed by atoms with E-state index in [1.807, 2.05) is 25.2 Å². The first-order valence-corrected chi connectivity index (χ1v) is 13.7. The molecule has 0 saturated heterocycles. The Balaban J connectivity index is 1.30. The highest BCUT2D eigenvalue weighted by Gasteiger charge is 2.29. The first-order valence-electron chi connectivity index (χ1n) is 13.7. The Labute approximate surface area is 230 Å². The Morgan fingerprint density at radius 2 is 2.10 bits per heavy atom. The van der Waals surface area contributed by atoms with Gasteiger partial charge in [0, 0.05) is 43.7 Å². The summed E-state index contributed by atoms with van der Waals surface area (Å²) < 4.78 is 28.9. The van der Waals surface area contributed by atoms with Crippen molar-refractivity contribution in [2.45, 2.75) is 38.5 Å². The number of rotatable bonds is 9.